The molecule has 2 aromatic carbocycles. The number of aromatic nitrogens is 3. The summed E-state index contributed by atoms with van der Waals surface area (Å²) in [5.74, 6) is -0.00562. The number of halogens is 1. The number of hydrogen-bond donors (Lipinski definition) is 2. The van der Waals surface area contributed by atoms with Crippen molar-refractivity contribution < 1.29 is 4.79 Å². The second-order valence-electron chi connectivity index (χ2n) is 11.8. The standard InChI is InChI=1S/C33H37ClN6O/c1-21-16-25(19-29(34)30(21)33(41)40-14-10-35-11-15-40)31-28-18-26(20-36-32(28)38-37-31)24-5-4-22-6-8-27(9-7-23(22)17-24)39-12-2-3-13-39/h4-5,16-20,27,35H,2-3,6-15H2,1H3,(H,36,37,38)/t27-/m0/s1. The highest BCUT2D eigenvalue weighted by molar-refractivity contribution is 6.34. The predicted octanol–water partition coefficient (Wildman–Crippen LogP) is 5.64. The SMILES string of the molecule is Cc1cc(-c2[nH]nc3ncc(-c4ccc5c(c4)CC[C@@H](N4CCCC4)CC5)cc23)cc(Cl)c1C(=O)N1CCNCC1. The lowest BCUT2D eigenvalue weighted by atomic mass is 9.96. The smallest absolute Gasteiger partial charge is 0.255 e. The van der Waals surface area contributed by atoms with Crippen LogP contribution in [0.15, 0.2) is 42.6 Å². The summed E-state index contributed by atoms with van der Waals surface area (Å²) in [5.41, 5.74) is 9.12. The van der Waals surface area contributed by atoms with Crippen molar-refractivity contribution in [1.82, 2.24) is 30.3 Å². The molecule has 1 aliphatic carbocycles. The highest BCUT2D eigenvalue weighted by Gasteiger charge is 2.25. The van der Waals surface area contributed by atoms with Crippen molar-refractivity contribution in [2.24, 2.45) is 0 Å². The molecular weight excluding hydrogens is 532 g/mol. The van der Waals surface area contributed by atoms with Gasteiger partial charge in [0.2, 0.25) is 0 Å². The average molecular weight is 569 g/mol. The fourth-order valence-electron chi connectivity index (χ4n) is 7.01. The number of carbonyl (C=O) groups is 1. The molecule has 0 unspecified atom stereocenters. The van der Waals surface area contributed by atoms with E-state index in [0.29, 0.717) is 35.4 Å². The number of fused-ring (bicyclic) bond motifs is 2. The van der Waals surface area contributed by atoms with Crippen LogP contribution < -0.4 is 5.32 Å². The van der Waals surface area contributed by atoms with Crippen LogP contribution in [0.5, 0.6) is 0 Å². The van der Waals surface area contributed by atoms with Gasteiger partial charge in [-0.15, -0.1) is 0 Å². The molecule has 41 heavy (non-hydrogen) atoms. The number of rotatable bonds is 4. The van der Waals surface area contributed by atoms with Crippen LogP contribution in [-0.2, 0) is 12.8 Å². The molecule has 4 heterocycles. The number of amides is 1. The van der Waals surface area contributed by atoms with Crippen LogP contribution in [0.2, 0.25) is 5.02 Å². The van der Waals surface area contributed by atoms with E-state index >= 15 is 0 Å². The molecular formula is C33H37ClN6O. The van der Waals surface area contributed by atoms with Gasteiger partial charge in [0.05, 0.1) is 16.3 Å². The van der Waals surface area contributed by atoms with Crippen LogP contribution in [0.25, 0.3) is 33.4 Å². The normalized spacial score (nSPS) is 19.9. The molecule has 1 amide bonds. The van der Waals surface area contributed by atoms with Crippen LogP contribution in [0, 0.1) is 6.92 Å². The lowest BCUT2D eigenvalue weighted by Crippen LogP contribution is -2.46. The molecule has 0 bridgehead atoms. The highest BCUT2D eigenvalue weighted by atomic mass is 35.5. The van der Waals surface area contributed by atoms with Gasteiger partial charge in [-0.1, -0.05) is 29.8 Å². The molecule has 1 atom stereocenters. The van der Waals surface area contributed by atoms with Crippen molar-refractivity contribution in [3.63, 3.8) is 0 Å². The summed E-state index contributed by atoms with van der Waals surface area (Å²) in [4.78, 5) is 22.5. The van der Waals surface area contributed by atoms with Crippen molar-refractivity contribution >= 4 is 28.5 Å². The topological polar surface area (TPSA) is 77.2 Å². The monoisotopic (exact) mass is 568 g/mol. The number of nitrogens with one attached hydrogen (secondary N) is 2. The highest BCUT2D eigenvalue weighted by Crippen LogP contribution is 2.35. The van der Waals surface area contributed by atoms with Crippen molar-refractivity contribution in [3.05, 3.63) is 69.9 Å². The van der Waals surface area contributed by atoms with Gasteiger partial charge in [-0.25, -0.2) is 4.98 Å². The second kappa shape index (κ2) is 11.2. The lowest BCUT2D eigenvalue weighted by molar-refractivity contribution is 0.0735. The molecule has 3 aliphatic rings. The zero-order valence-electron chi connectivity index (χ0n) is 23.7. The lowest BCUT2D eigenvalue weighted by Gasteiger charge is -2.28. The van der Waals surface area contributed by atoms with E-state index in [2.05, 4.69) is 44.7 Å². The Hall–Kier alpha value is -3.26. The van der Waals surface area contributed by atoms with E-state index in [1.165, 1.54) is 55.5 Å². The first kappa shape index (κ1) is 26.6. The first-order chi connectivity index (χ1) is 20.0. The van der Waals surface area contributed by atoms with Crippen LogP contribution in [0.1, 0.15) is 52.7 Å². The Morgan fingerprint density at radius 1 is 0.927 bits per heavy atom. The van der Waals surface area contributed by atoms with E-state index in [1.807, 2.05) is 30.2 Å². The minimum Gasteiger partial charge on any atom is -0.336 e. The summed E-state index contributed by atoms with van der Waals surface area (Å²) in [6.45, 7) is 7.49. The molecule has 0 radical (unpaired) electrons. The first-order valence-electron chi connectivity index (χ1n) is 15.1. The minimum atomic E-state index is -0.00562. The largest absolute Gasteiger partial charge is 0.336 e. The maximum atomic E-state index is 13.2. The van der Waals surface area contributed by atoms with Gasteiger partial charge >= 0.3 is 0 Å². The number of likely N-dealkylation sites (tertiary alicyclic amines) is 1. The maximum Gasteiger partial charge on any atom is 0.255 e. The number of aromatic amines is 1. The summed E-state index contributed by atoms with van der Waals surface area (Å²) in [5, 5.41) is 12.4. The van der Waals surface area contributed by atoms with Gasteiger partial charge in [0.15, 0.2) is 5.65 Å². The number of piperazine rings is 1. The van der Waals surface area contributed by atoms with Gasteiger partial charge in [0, 0.05) is 54.9 Å². The summed E-state index contributed by atoms with van der Waals surface area (Å²) in [7, 11) is 0. The first-order valence-corrected chi connectivity index (χ1v) is 15.4. The summed E-state index contributed by atoms with van der Waals surface area (Å²) in [6, 6.07) is 13.7. The number of pyridine rings is 1. The van der Waals surface area contributed by atoms with E-state index in [1.54, 1.807) is 0 Å². The molecule has 2 aromatic heterocycles. The number of nitrogens with zero attached hydrogens (tertiary/aromatic N) is 4. The molecule has 2 aliphatic heterocycles. The van der Waals surface area contributed by atoms with E-state index in [0.717, 1.165) is 53.7 Å². The van der Waals surface area contributed by atoms with Crippen molar-refractivity contribution in [3.8, 4) is 22.4 Å². The quantitative estimate of drug-likeness (QED) is 0.311. The fraction of sp³-hybridized carbons (Fsp3) is 0.424. The van der Waals surface area contributed by atoms with E-state index < -0.39 is 0 Å². The molecule has 7 nitrogen and oxygen atoms in total. The molecule has 2 saturated heterocycles. The zero-order chi connectivity index (χ0) is 27.9. The van der Waals surface area contributed by atoms with Crippen LogP contribution in [0.3, 0.4) is 0 Å². The molecule has 2 N–H and O–H groups in total. The summed E-state index contributed by atoms with van der Waals surface area (Å²) >= 11 is 6.76. The average Bonchev–Trinajstić information content (AvgIpc) is 3.63. The van der Waals surface area contributed by atoms with Gasteiger partial charge < -0.3 is 15.1 Å². The Labute approximate surface area is 246 Å². The molecule has 0 spiro atoms. The Morgan fingerprint density at radius 2 is 1.71 bits per heavy atom. The number of benzene rings is 2. The van der Waals surface area contributed by atoms with Gasteiger partial charge in [-0.3, -0.25) is 9.89 Å². The third kappa shape index (κ3) is 5.16. The van der Waals surface area contributed by atoms with Gasteiger partial charge in [-0.05, 0) is 99.0 Å². The van der Waals surface area contributed by atoms with Crippen molar-refractivity contribution in [2.45, 2.75) is 51.5 Å². The number of H-pyrrole nitrogens is 1. The Morgan fingerprint density at radius 3 is 2.49 bits per heavy atom. The number of hydrogen-bond acceptors (Lipinski definition) is 5. The molecule has 7 rings (SSSR count). The number of carbonyl (C=O) groups excluding carboxylic acids is 1. The van der Waals surface area contributed by atoms with Crippen LogP contribution in [-0.4, -0.2) is 76.2 Å². The Balaban J connectivity index is 1.17. The predicted molar refractivity (Wildman–Crippen MR) is 165 cm³/mol. The van der Waals surface area contributed by atoms with E-state index in [-0.39, 0.29) is 5.91 Å². The van der Waals surface area contributed by atoms with E-state index in [4.69, 9.17) is 16.6 Å². The van der Waals surface area contributed by atoms with Crippen LogP contribution >= 0.6 is 11.6 Å². The van der Waals surface area contributed by atoms with Gasteiger partial charge in [-0.2, -0.15) is 5.10 Å². The molecule has 8 heteroatoms. The number of aryl methyl sites for hydroxylation is 3. The molecule has 4 aromatic rings. The Bertz CT molecular complexity index is 1580. The van der Waals surface area contributed by atoms with Crippen molar-refractivity contribution in [2.75, 3.05) is 39.3 Å². The third-order valence-electron chi connectivity index (χ3n) is 9.29. The van der Waals surface area contributed by atoms with Gasteiger partial charge in [0.1, 0.15) is 0 Å². The zero-order valence-corrected chi connectivity index (χ0v) is 24.4. The molecule has 0 saturated carbocycles. The van der Waals surface area contributed by atoms with E-state index in [9.17, 15) is 4.79 Å². The second-order valence-corrected chi connectivity index (χ2v) is 12.3. The van der Waals surface area contributed by atoms with Crippen LogP contribution in [0.4, 0.5) is 0 Å². The molecule has 2 fully saturated rings. The Kier molecular flexibility index (Phi) is 7.27. The van der Waals surface area contributed by atoms with Gasteiger partial charge in [0.25, 0.3) is 5.91 Å². The maximum absolute atomic E-state index is 13.2. The summed E-state index contributed by atoms with van der Waals surface area (Å²) < 4.78 is 0. The fourth-order valence-corrected chi connectivity index (χ4v) is 7.35. The van der Waals surface area contributed by atoms with Crippen molar-refractivity contribution in [1.29, 1.82) is 0 Å². The third-order valence-corrected chi connectivity index (χ3v) is 9.59. The summed E-state index contributed by atoms with van der Waals surface area (Å²) in [6.07, 6.45) is 9.42. The molecule has 212 valence electrons. The minimum absolute atomic E-state index is 0.00562.